The molecule has 0 unspecified atom stereocenters. The average molecular weight is 864 g/mol. The van der Waals surface area contributed by atoms with Gasteiger partial charge in [-0.1, -0.05) is 206 Å². The average Bonchev–Trinajstić information content (AvgIpc) is 4.11. The number of hydrogen-bond acceptors (Lipinski definition) is 2. The highest BCUT2D eigenvalue weighted by Gasteiger charge is 2.53. The van der Waals surface area contributed by atoms with Crippen LogP contribution in [-0.2, 0) is 10.8 Å². The molecule has 316 valence electrons. The number of benzene rings is 11. The van der Waals surface area contributed by atoms with Crippen molar-refractivity contribution in [2.75, 3.05) is 4.90 Å². The zero-order chi connectivity index (χ0) is 44.6. The first-order valence-electron chi connectivity index (χ1n) is 23.7. The minimum atomic E-state index is -0.605. The summed E-state index contributed by atoms with van der Waals surface area (Å²) in [5, 5.41) is 4.61. The van der Waals surface area contributed by atoms with E-state index in [1.54, 1.807) is 0 Å². The third-order valence-corrected chi connectivity index (χ3v) is 15.6. The van der Waals surface area contributed by atoms with Gasteiger partial charge in [-0.3, -0.25) is 0 Å². The predicted molar refractivity (Wildman–Crippen MR) is 280 cm³/mol. The van der Waals surface area contributed by atoms with Gasteiger partial charge in [-0.05, 0) is 120 Å². The van der Waals surface area contributed by atoms with E-state index in [1.165, 1.54) is 88.7 Å². The van der Waals surface area contributed by atoms with Gasteiger partial charge >= 0.3 is 0 Å². The van der Waals surface area contributed by atoms with E-state index in [1.807, 2.05) is 6.07 Å². The molecule has 3 aliphatic carbocycles. The smallest absolute Gasteiger partial charge is 0.137 e. The molecule has 2 nitrogen and oxygen atoms in total. The van der Waals surface area contributed by atoms with Crippen LogP contribution in [0.3, 0.4) is 0 Å². The first-order chi connectivity index (χ1) is 33.7. The van der Waals surface area contributed by atoms with Gasteiger partial charge in [0, 0.05) is 33.6 Å². The Morgan fingerprint density at radius 2 is 0.765 bits per heavy atom. The van der Waals surface area contributed by atoms with Gasteiger partial charge in [-0.15, -0.1) is 0 Å². The van der Waals surface area contributed by atoms with Crippen LogP contribution in [0.15, 0.2) is 253 Å². The van der Waals surface area contributed by atoms with Crippen LogP contribution in [0.4, 0.5) is 17.1 Å². The van der Waals surface area contributed by atoms with E-state index < -0.39 is 10.8 Å². The lowest BCUT2D eigenvalue weighted by molar-refractivity contribution is 0.669. The highest BCUT2D eigenvalue weighted by Crippen LogP contribution is 2.65. The molecule has 11 aromatic carbocycles. The lowest BCUT2D eigenvalue weighted by Crippen LogP contribution is -2.30. The molecule has 0 saturated carbocycles. The van der Waals surface area contributed by atoms with Gasteiger partial charge in [0.25, 0.3) is 0 Å². The van der Waals surface area contributed by atoms with Gasteiger partial charge in [0.15, 0.2) is 0 Å². The predicted octanol–water partition coefficient (Wildman–Crippen LogP) is 16.9. The maximum Gasteiger partial charge on any atom is 0.137 e. The lowest BCUT2D eigenvalue weighted by Gasteiger charge is -2.36. The Morgan fingerprint density at radius 1 is 0.279 bits per heavy atom. The van der Waals surface area contributed by atoms with Crippen LogP contribution in [0.5, 0.6) is 0 Å². The zero-order valence-corrected chi connectivity index (χ0v) is 37.0. The molecule has 0 N–H and O–H groups in total. The van der Waals surface area contributed by atoms with Crippen molar-refractivity contribution >= 4 is 49.8 Å². The van der Waals surface area contributed by atoms with E-state index in [-0.39, 0.29) is 0 Å². The number of nitrogens with zero attached hydrogens (tertiary/aromatic N) is 1. The van der Waals surface area contributed by atoms with E-state index in [2.05, 4.69) is 248 Å². The van der Waals surface area contributed by atoms with Gasteiger partial charge in [0.1, 0.15) is 11.2 Å². The summed E-state index contributed by atoms with van der Waals surface area (Å²) < 4.78 is 6.58. The van der Waals surface area contributed by atoms with E-state index in [9.17, 15) is 0 Å². The molecule has 2 heteroatoms. The number of fused-ring (bicyclic) bond motifs is 17. The standard InChI is InChI=1S/C66H41NO/c1-2-19-43(20-3-1)65(56-27-11-6-22-48(56)49-23-7-12-28-57(49)65)44-33-36-52-53-37-34-45(40-61(53)66(60(52)39-44)58-29-13-8-24-50(58)51-25-9-14-30-59(51)66)67(62-31-16-18-42-17-4-5-21-47(42)62)46-35-38-55-54-26-10-15-32-63(54)68-64(55)41-46/h1-41H. The summed E-state index contributed by atoms with van der Waals surface area (Å²) in [5.74, 6) is 0. The monoisotopic (exact) mass is 863 g/mol. The second-order valence-corrected chi connectivity index (χ2v) is 18.7. The maximum atomic E-state index is 6.58. The number of para-hydroxylation sites is 1. The van der Waals surface area contributed by atoms with Crippen LogP contribution in [0, 0.1) is 0 Å². The molecule has 0 amide bonds. The third kappa shape index (κ3) is 4.81. The number of hydrogen-bond donors (Lipinski definition) is 0. The Morgan fingerprint density at radius 3 is 1.46 bits per heavy atom. The molecule has 1 aromatic heterocycles. The van der Waals surface area contributed by atoms with E-state index in [4.69, 9.17) is 4.42 Å². The molecule has 0 bridgehead atoms. The summed E-state index contributed by atoms with van der Waals surface area (Å²) in [6, 6.07) is 92.7. The lowest BCUT2D eigenvalue weighted by atomic mass is 9.65. The fourth-order valence-corrected chi connectivity index (χ4v) is 12.9. The number of rotatable bonds is 5. The van der Waals surface area contributed by atoms with Crippen LogP contribution in [0.25, 0.3) is 66.1 Å². The minimum absolute atomic E-state index is 0.539. The summed E-state index contributed by atoms with van der Waals surface area (Å²) in [7, 11) is 0. The highest BCUT2D eigenvalue weighted by atomic mass is 16.3. The summed E-state index contributed by atoms with van der Waals surface area (Å²) >= 11 is 0. The molecule has 0 atom stereocenters. The summed E-state index contributed by atoms with van der Waals surface area (Å²) in [6.07, 6.45) is 0. The van der Waals surface area contributed by atoms with Crippen molar-refractivity contribution in [3.8, 4) is 33.4 Å². The summed E-state index contributed by atoms with van der Waals surface area (Å²) in [5.41, 5.74) is 21.9. The largest absolute Gasteiger partial charge is 0.456 e. The first kappa shape index (κ1) is 37.5. The highest BCUT2D eigenvalue weighted by molar-refractivity contribution is 6.07. The Hall–Kier alpha value is -8.72. The van der Waals surface area contributed by atoms with Crippen molar-refractivity contribution in [2.45, 2.75) is 10.8 Å². The molecule has 0 saturated heterocycles. The second kappa shape index (κ2) is 13.9. The van der Waals surface area contributed by atoms with E-state index in [0.29, 0.717) is 0 Å². The molecule has 12 aromatic rings. The van der Waals surface area contributed by atoms with Gasteiger partial charge in [0.05, 0.1) is 16.5 Å². The molecule has 3 aliphatic rings. The maximum absolute atomic E-state index is 6.58. The third-order valence-electron chi connectivity index (χ3n) is 15.6. The number of anilines is 3. The van der Waals surface area contributed by atoms with Crippen molar-refractivity contribution in [3.63, 3.8) is 0 Å². The molecular weight excluding hydrogens is 823 g/mol. The topological polar surface area (TPSA) is 16.4 Å². The molecule has 0 fully saturated rings. The van der Waals surface area contributed by atoms with Crippen molar-refractivity contribution in [1.29, 1.82) is 0 Å². The van der Waals surface area contributed by atoms with Crippen molar-refractivity contribution in [2.24, 2.45) is 0 Å². The van der Waals surface area contributed by atoms with Crippen LogP contribution in [-0.4, -0.2) is 0 Å². The summed E-state index contributed by atoms with van der Waals surface area (Å²) in [6.45, 7) is 0. The molecular formula is C66H41NO. The first-order valence-corrected chi connectivity index (χ1v) is 23.7. The molecule has 15 rings (SSSR count). The molecule has 0 aliphatic heterocycles. The zero-order valence-electron chi connectivity index (χ0n) is 37.0. The quantitative estimate of drug-likeness (QED) is 0.171. The van der Waals surface area contributed by atoms with Crippen molar-refractivity contribution in [1.82, 2.24) is 0 Å². The van der Waals surface area contributed by atoms with Gasteiger partial charge in [-0.25, -0.2) is 0 Å². The second-order valence-electron chi connectivity index (χ2n) is 18.7. The Kier molecular flexibility index (Phi) is 7.67. The Bertz CT molecular complexity index is 3970. The Balaban J connectivity index is 1.02. The van der Waals surface area contributed by atoms with Gasteiger partial charge < -0.3 is 9.32 Å². The van der Waals surface area contributed by atoms with Crippen LogP contribution in [0.2, 0.25) is 0 Å². The van der Waals surface area contributed by atoms with Gasteiger partial charge in [0.2, 0.25) is 0 Å². The normalized spacial score (nSPS) is 14.1. The fraction of sp³-hybridized carbons (Fsp3) is 0.0303. The summed E-state index contributed by atoms with van der Waals surface area (Å²) in [4.78, 5) is 2.45. The fourth-order valence-electron chi connectivity index (χ4n) is 12.9. The van der Waals surface area contributed by atoms with E-state index >= 15 is 0 Å². The van der Waals surface area contributed by atoms with Crippen LogP contribution in [0.1, 0.15) is 44.5 Å². The van der Waals surface area contributed by atoms with Gasteiger partial charge in [-0.2, -0.15) is 0 Å². The van der Waals surface area contributed by atoms with E-state index in [0.717, 1.165) is 39.0 Å². The minimum Gasteiger partial charge on any atom is -0.456 e. The van der Waals surface area contributed by atoms with Crippen molar-refractivity contribution < 1.29 is 4.42 Å². The molecule has 1 spiro atoms. The Labute approximate surface area is 394 Å². The number of furan rings is 1. The molecule has 1 heterocycles. The molecule has 0 radical (unpaired) electrons. The van der Waals surface area contributed by atoms with Crippen LogP contribution >= 0.6 is 0 Å². The molecule has 68 heavy (non-hydrogen) atoms. The van der Waals surface area contributed by atoms with Crippen LogP contribution < -0.4 is 4.90 Å². The SMILES string of the molecule is c1ccc(C2(c3ccc4c(c3)C3(c5ccccc5-c5ccccc53)c3cc(N(c5ccc6c(c5)oc5ccccc56)c5cccc6ccccc56)ccc3-4)c3ccccc3-c3ccccc32)cc1. The van der Waals surface area contributed by atoms with Crippen molar-refractivity contribution in [3.05, 3.63) is 293 Å².